The summed E-state index contributed by atoms with van der Waals surface area (Å²) in [5.41, 5.74) is 0.732. The van der Waals surface area contributed by atoms with Crippen LogP contribution in [0.2, 0.25) is 0 Å². The predicted octanol–water partition coefficient (Wildman–Crippen LogP) is 2.78. The van der Waals surface area contributed by atoms with Gasteiger partial charge in [0.15, 0.2) is 10.8 Å². The van der Waals surface area contributed by atoms with Gasteiger partial charge in [-0.15, -0.1) is 11.3 Å². The number of hydrogen-bond acceptors (Lipinski definition) is 5. The lowest BCUT2D eigenvalue weighted by molar-refractivity contribution is -0.120. The number of amides is 1. The van der Waals surface area contributed by atoms with Crippen LogP contribution in [0.5, 0.6) is 0 Å². The second kappa shape index (κ2) is 7.56. The van der Waals surface area contributed by atoms with Crippen molar-refractivity contribution in [3.63, 3.8) is 0 Å². The zero-order valence-electron chi connectivity index (χ0n) is 13.1. The third-order valence-corrected chi connectivity index (χ3v) is 4.28. The van der Waals surface area contributed by atoms with Crippen LogP contribution in [0.3, 0.4) is 0 Å². The highest BCUT2D eigenvalue weighted by Crippen LogP contribution is 2.25. The number of nitrogens with zero attached hydrogens (tertiary/aromatic N) is 1. The molecule has 6 heteroatoms. The van der Waals surface area contributed by atoms with E-state index < -0.39 is 0 Å². The molecule has 0 saturated carbocycles. The molecule has 2 rings (SSSR count). The molecule has 2 N–H and O–H groups in total. The van der Waals surface area contributed by atoms with Crippen molar-refractivity contribution >= 4 is 17.2 Å². The molecule has 0 aliphatic rings. The Labute approximate surface area is 134 Å². The van der Waals surface area contributed by atoms with Gasteiger partial charge in [0.25, 0.3) is 0 Å². The van der Waals surface area contributed by atoms with E-state index in [1.807, 2.05) is 38.3 Å². The van der Waals surface area contributed by atoms with Crippen LogP contribution in [-0.2, 0) is 11.2 Å². The van der Waals surface area contributed by atoms with E-state index in [2.05, 4.69) is 10.3 Å². The number of nitrogens with one attached hydrogen (secondary N) is 1. The summed E-state index contributed by atoms with van der Waals surface area (Å²) in [6, 6.07) is 3.77. The second-order valence-electron chi connectivity index (χ2n) is 5.68. The number of aliphatic hydroxyl groups is 1. The minimum atomic E-state index is -0.381. The summed E-state index contributed by atoms with van der Waals surface area (Å²) >= 11 is 1.47. The van der Waals surface area contributed by atoms with Crippen molar-refractivity contribution in [3.05, 3.63) is 29.0 Å². The minimum Gasteiger partial charge on any atom is -0.459 e. The molecule has 0 fully saturated rings. The lowest BCUT2D eigenvalue weighted by atomic mass is 10.0. The van der Waals surface area contributed by atoms with Gasteiger partial charge in [0.1, 0.15) is 5.76 Å². The van der Waals surface area contributed by atoms with Gasteiger partial charge in [0.2, 0.25) is 5.91 Å². The van der Waals surface area contributed by atoms with E-state index in [0.717, 1.165) is 22.2 Å². The van der Waals surface area contributed by atoms with Gasteiger partial charge in [0.05, 0.1) is 18.2 Å². The summed E-state index contributed by atoms with van der Waals surface area (Å²) in [5, 5.41) is 15.2. The first-order valence-corrected chi connectivity index (χ1v) is 8.29. The predicted molar refractivity (Wildman–Crippen MR) is 86.7 cm³/mol. The first kappa shape index (κ1) is 16.7. The van der Waals surface area contributed by atoms with Gasteiger partial charge < -0.3 is 14.8 Å². The highest BCUT2D eigenvalue weighted by molar-refractivity contribution is 7.13. The Morgan fingerprint density at radius 1 is 1.45 bits per heavy atom. The summed E-state index contributed by atoms with van der Waals surface area (Å²) < 4.78 is 5.52. The van der Waals surface area contributed by atoms with E-state index in [9.17, 15) is 9.90 Å². The van der Waals surface area contributed by atoms with Crippen molar-refractivity contribution in [2.45, 2.75) is 39.7 Å². The smallest absolute Gasteiger partial charge is 0.226 e. The monoisotopic (exact) mass is 322 g/mol. The number of carbonyl (C=O) groups is 1. The zero-order valence-corrected chi connectivity index (χ0v) is 13.9. The zero-order chi connectivity index (χ0) is 16.1. The molecule has 0 saturated heterocycles. The molecule has 0 aliphatic heterocycles. The quantitative estimate of drug-likeness (QED) is 0.822. The summed E-state index contributed by atoms with van der Waals surface area (Å²) in [4.78, 5) is 16.3. The van der Waals surface area contributed by atoms with Crippen molar-refractivity contribution in [2.75, 3.05) is 6.54 Å². The average Bonchev–Trinajstić information content (AvgIpc) is 3.07. The van der Waals surface area contributed by atoms with E-state index in [0.29, 0.717) is 13.0 Å². The summed E-state index contributed by atoms with van der Waals surface area (Å²) in [6.45, 7) is 6.28. The number of thiazole rings is 1. The molecule has 0 bridgehead atoms. The van der Waals surface area contributed by atoms with Gasteiger partial charge in [-0.25, -0.2) is 4.98 Å². The largest absolute Gasteiger partial charge is 0.459 e. The van der Waals surface area contributed by atoms with Crippen LogP contribution in [0.4, 0.5) is 0 Å². The summed E-state index contributed by atoms with van der Waals surface area (Å²) in [5.74, 6) is 1.70. The average molecular weight is 322 g/mol. The maximum absolute atomic E-state index is 11.9. The van der Waals surface area contributed by atoms with Crippen LogP contribution in [0, 0.1) is 12.8 Å². The molecule has 0 spiro atoms. The lowest BCUT2D eigenvalue weighted by Crippen LogP contribution is -2.29. The highest BCUT2D eigenvalue weighted by Gasteiger charge is 2.12. The van der Waals surface area contributed by atoms with Crippen LogP contribution < -0.4 is 5.32 Å². The molecule has 0 radical (unpaired) electrons. The van der Waals surface area contributed by atoms with Gasteiger partial charge in [-0.3, -0.25) is 4.79 Å². The minimum absolute atomic E-state index is 0.0802. The molecule has 1 unspecified atom stereocenters. The number of hydrogen-bond donors (Lipinski definition) is 2. The van der Waals surface area contributed by atoms with E-state index in [1.54, 1.807) is 0 Å². The van der Waals surface area contributed by atoms with E-state index in [4.69, 9.17) is 4.42 Å². The molecule has 1 atom stereocenters. The molecule has 2 aromatic heterocycles. The highest BCUT2D eigenvalue weighted by atomic mass is 32.1. The summed E-state index contributed by atoms with van der Waals surface area (Å²) in [7, 11) is 0. The molecule has 0 aliphatic carbocycles. The number of aromatic nitrogens is 1. The fraction of sp³-hybridized carbons (Fsp3) is 0.500. The Hall–Kier alpha value is -1.66. The number of furan rings is 1. The Morgan fingerprint density at radius 2 is 2.23 bits per heavy atom. The number of aryl methyl sites for hydroxylation is 1. The molecule has 120 valence electrons. The SMILES string of the molecule is Cc1ccc(-c2nc(CC(=O)NCCC(O)C(C)C)cs2)o1. The molecular formula is C16H22N2O3S. The normalized spacial score (nSPS) is 12.6. The van der Waals surface area contributed by atoms with Gasteiger partial charge in [-0.05, 0) is 31.4 Å². The van der Waals surface area contributed by atoms with Gasteiger partial charge in [-0.2, -0.15) is 0 Å². The Balaban J connectivity index is 1.81. The molecule has 1 amide bonds. The van der Waals surface area contributed by atoms with Crippen LogP contribution in [0.1, 0.15) is 31.7 Å². The van der Waals surface area contributed by atoms with Crippen molar-refractivity contribution in [1.82, 2.24) is 10.3 Å². The standard InChI is InChI=1S/C16H22N2O3S/c1-10(2)13(19)6-7-17-15(20)8-12-9-22-16(18-12)14-5-4-11(3)21-14/h4-5,9-10,13,19H,6-8H2,1-3H3,(H,17,20). The number of aliphatic hydroxyl groups excluding tert-OH is 1. The van der Waals surface area contributed by atoms with Crippen molar-refractivity contribution < 1.29 is 14.3 Å². The lowest BCUT2D eigenvalue weighted by Gasteiger charge is -2.14. The first-order valence-electron chi connectivity index (χ1n) is 7.41. The van der Waals surface area contributed by atoms with Crippen molar-refractivity contribution in [3.8, 4) is 10.8 Å². The molecule has 0 aromatic carbocycles. The van der Waals surface area contributed by atoms with Crippen LogP contribution in [0.25, 0.3) is 10.8 Å². The van der Waals surface area contributed by atoms with E-state index >= 15 is 0 Å². The molecule has 2 aromatic rings. The van der Waals surface area contributed by atoms with Crippen molar-refractivity contribution in [2.24, 2.45) is 5.92 Å². The van der Waals surface area contributed by atoms with E-state index in [1.165, 1.54) is 11.3 Å². The fourth-order valence-corrected chi connectivity index (χ4v) is 2.75. The van der Waals surface area contributed by atoms with E-state index in [-0.39, 0.29) is 24.3 Å². The molecular weight excluding hydrogens is 300 g/mol. The Bertz CT molecular complexity index is 618. The topological polar surface area (TPSA) is 75.4 Å². The van der Waals surface area contributed by atoms with Crippen molar-refractivity contribution in [1.29, 1.82) is 0 Å². The first-order chi connectivity index (χ1) is 10.5. The number of carbonyl (C=O) groups excluding carboxylic acids is 1. The Kier molecular flexibility index (Phi) is 5.74. The van der Waals surface area contributed by atoms with Gasteiger partial charge in [-0.1, -0.05) is 13.8 Å². The summed E-state index contributed by atoms with van der Waals surface area (Å²) in [6.07, 6.45) is 0.430. The van der Waals surface area contributed by atoms with Crippen LogP contribution in [0.15, 0.2) is 21.9 Å². The number of rotatable bonds is 7. The third-order valence-electron chi connectivity index (χ3n) is 3.38. The third kappa shape index (κ3) is 4.68. The fourth-order valence-electron chi connectivity index (χ4n) is 1.97. The van der Waals surface area contributed by atoms with Gasteiger partial charge >= 0.3 is 0 Å². The maximum atomic E-state index is 11.9. The second-order valence-corrected chi connectivity index (χ2v) is 6.54. The van der Waals surface area contributed by atoms with Crippen LogP contribution in [-0.4, -0.2) is 28.6 Å². The molecule has 2 heterocycles. The van der Waals surface area contributed by atoms with Crippen LogP contribution >= 0.6 is 11.3 Å². The Morgan fingerprint density at radius 3 is 2.86 bits per heavy atom. The van der Waals surface area contributed by atoms with Gasteiger partial charge in [0, 0.05) is 11.9 Å². The molecule has 5 nitrogen and oxygen atoms in total. The molecule has 22 heavy (non-hydrogen) atoms. The maximum Gasteiger partial charge on any atom is 0.226 e.